The second kappa shape index (κ2) is 5.76. The predicted octanol–water partition coefficient (Wildman–Crippen LogP) is 3.35. The molecule has 0 radical (unpaired) electrons. The number of hydrogen-bond donors (Lipinski definition) is 2. The van der Waals surface area contributed by atoms with E-state index in [1.807, 2.05) is 0 Å². The van der Waals surface area contributed by atoms with Gasteiger partial charge in [-0.15, -0.1) is 0 Å². The van der Waals surface area contributed by atoms with Gasteiger partial charge in [0.1, 0.15) is 5.69 Å². The van der Waals surface area contributed by atoms with Gasteiger partial charge in [-0.3, -0.25) is 0 Å². The van der Waals surface area contributed by atoms with Crippen molar-refractivity contribution in [3.05, 3.63) is 18.0 Å². The molecule has 0 aromatic carbocycles. The number of pyridine rings is 1. The average Bonchev–Trinajstić information content (AvgIpc) is 2.23. The summed E-state index contributed by atoms with van der Waals surface area (Å²) < 4.78 is 72.6. The van der Waals surface area contributed by atoms with E-state index in [4.69, 9.17) is 5.73 Å². The molecule has 108 valence electrons. The van der Waals surface area contributed by atoms with Gasteiger partial charge < -0.3 is 11.1 Å². The molecule has 0 unspecified atom stereocenters. The maximum absolute atomic E-state index is 12.4. The van der Waals surface area contributed by atoms with Gasteiger partial charge in [0, 0.05) is 12.3 Å². The van der Waals surface area contributed by atoms with Crippen LogP contribution in [0.25, 0.3) is 0 Å². The standard InChI is InChI=1S/C9H9F6N3S/c10-8(11,12)7-3-6(5(16)4-18-7)17-1-2-19-9(13,14)15/h3-4H,1-2,16H2,(H,17,18). The third-order valence-electron chi connectivity index (χ3n) is 1.91. The zero-order chi connectivity index (χ0) is 14.7. The molecule has 0 spiro atoms. The van der Waals surface area contributed by atoms with Gasteiger partial charge in [-0.05, 0) is 17.8 Å². The largest absolute Gasteiger partial charge is 0.441 e. The van der Waals surface area contributed by atoms with Crippen LogP contribution in [0, 0.1) is 0 Å². The summed E-state index contributed by atoms with van der Waals surface area (Å²) in [5, 5.41) is 2.41. The van der Waals surface area contributed by atoms with Crippen LogP contribution in [0.2, 0.25) is 0 Å². The molecule has 0 aliphatic carbocycles. The Morgan fingerprint density at radius 2 is 1.84 bits per heavy atom. The van der Waals surface area contributed by atoms with E-state index < -0.39 is 17.4 Å². The van der Waals surface area contributed by atoms with E-state index in [1.54, 1.807) is 0 Å². The highest BCUT2D eigenvalue weighted by Gasteiger charge is 2.33. The second-order valence-electron chi connectivity index (χ2n) is 3.38. The number of halogens is 6. The van der Waals surface area contributed by atoms with Crippen LogP contribution in [0.15, 0.2) is 12.3 Å². The Balaban J connectivity index is 2.63. The van der Waals surface area contributed by atoms with Gasteiger partial charge in [-0.2, -0.15) is 26.3 Å². The molecule has 0 aliphatic heterocycles. The quantitative estimate of drug-likeness (QED) is 0.661. The van der Waals surface area contributed by atoms with Crippen LogP contribution in [-0.2, 0) is 6.18 Å². The number of nitrogens with zero attached hydrogens (tertiary/aromatic N) is 1. The van der Waals surface area contributed by atoms with Crippen LogP contribution in [0.1, 0.15) is 5.69 Å². The Morgan fingerprint density at radius 3 is 2.37 bits per heavy atom. The SMILES string of the molecule is Nc1cnc(C(F)(F)F)cc1NCCSC(F)(F)F. The monoisotopic (exact) mass is 305 g/mol. The van der Waals surface area contributed by atoms with Gasteiger partial charge >= 0.3 is 11.7 Å². The second-order valence-corrected chi connectivity index (χ2v) is 4.54. The van der Waals surface area contributed by atoms with Crippen molar-refractivity contribution < 1.29 is 26.3 Å². The number of thioether (sulfide) groups is 1. The minimum atomic E-state index is -4.63. The van der Waals surface area contributed by atoms with Crippen LogP contribution < -0.4 is 11.1 Å². The van der Waals surface area contributed by atoms with E-state index in [0.717, 1.165) is 6.20 Å². The molecule has 10 heteroatoms. The lowest BCUT2D eigenvalue weighted by molar-refractivity contribution is -0.141. The first kappa shape index (κ1) is 15.7. The molecular formula is C9H9F6N3S. The molecule has 1 heterocycles. The summed E-state index contributed by atoms with van der Waals surface area (Å²) in [6.45, 7) is -0.171. The van der Waals surface area contributed by atoms with Gasteiger partial charge in [-0.25, -0.2) is 4.98 Å². The summed E-state index contributed by atoms with van der Waals surface area (Å²) in [7, 11) is 0. The number of nitrogens with one attached hydrogen (secondary N) is 1. The predicted molar refractivity (Wildman–Crippen MR) is 60.7 cm³/mol. The molecule has 1 aromatic heterocycles. The van der Waals surface area contributed by atoms with E-state index in [9.17, 15) is 26.3 Å². The Bertz CT molecular complexity index is 431. The van der Waals surface area contributed by atoms with Crippen molar-refractivity contribution in [1.29, 1.82) is 0 Å². The molecule has 0 saturated heterocycles. The first-order valence-electron chi connectivity index (χ1n) is 4.87. The van der Waals surface area contributed by atoms with E-state index in [-0.39, 0.29) is 35.4 Å². The number of anilines is 2. The smallest absolute Gasteiger partial charge is 0.396 e. The number of nitrogens with two attached hydrogens (primary N) is 1. The maximum Gasteiger partial charge on any atom is 0.441 e. The number of rotatable bonds is 4. The molecule has 0 saturated carbocycles. The van der Waals surface area contributed by atoms with Gasteiger partial charge in [0.15, 0.2) is 0 Å². The van der Waals surface area contributed by atoms with Crippen molar-refractivity contribution in [3.63, 3.8) is 0 Å². The Kier molecular flexibility index (Phi) is 4.77. The topological polar surface area (TPSA) is 50.9 Å². The molecular weight excluding hydrogens is 296 g/mol. The van der Waals surface area contributed by atoms with Gasteiger partial charge in [0.05, 0.1) is 17.6 Å². The van der Waals surface area contributed by atoms with Crippen LogP contribution >= 0.6 is 11.8 Å². The Labute approximate surface area is 108 Å². The summed E-state index contributed by atoms with van der Waals surface area (Å²) in [5.74, 6) is -0.341. The van der Waals surface area contributed by atoms with Gasteiger partial charge in [-0.1, -0.05) is 0 Å². The molecule has 0 fully saturated rings. The Morgan fingerprint density at radius 1 is 1.21 bits per heavy atom. The summed E-state index contributed by atoms with van der Waals surface area (Å²) in [6, 6.07) is 0.660. The number of aromatic nitrogens is 1. The number of hydrogen-bond acceptors (Lipinski definition) is 4. The first-order chi connectivity index (χ1) is 8.59. The third kappa shape index (κ3) is 5.45. The third-order valence-corrected chi connectivity index (χ3v) is 2.64. The lowest BCUT2D eigenvalue weighted by Crippen LogP contribution is -2.13. The van der Waals surface area contributed by atoms with Crippen molar-refractivity contribution in [2.24, 2.45) is 0 Å². The molecule has 3 nitrogen and oxygen atoms in total. The minimum Gasteiger partial charge on any atom is -0.396 e. The molecule has 0 aliphatic rings. The van der Waals surface area contributed by atoms with Gasteiger partial charge in [0.25, 0.3) is 0 Å². The molecule has 0 amide bonds. The zero-order valence-electron chi connectivity index (χ0n) is 9.27. The van der Waals surface area contributed by atoms with Crippen LogP contribution in [-0.4, -0.2) is 22.8 Å². The van der Waals surface area contributed by atoms with E-state index in [2.05, 4.69) is 10.3 Å². The lowest BCUT2D eigenvalue weighted by atomic mass is 10.2. The van der Waals surface area contributed by atoms with E-state index in [1.165, 1.54) is 0 Å². The van der Waals surface area contributed by atoms with Crippen LogP contribution in [0.5, 0.6) is 0 Å². The zero-order valence-corrected chi connectivity index (χ0v) is 10.1. The van der Waals surface area contributed by atoms with Crippen molar-refractivity contribution in [2.75, 3.05) is 23.3 Å². The highest BCUT2D eigenvalue weighted by Crippen LogP contribution is 2.32. The summed E-state index contributed by atoms with van der Waals surface area (Å²) in [4.78, 5) is 3.10. The van der Waals surface area contributed by atoms with Crippen LogP contribution in [0.3, 0.4) is 0 Å². The summed E-state index contributed by atoms with van der Waals surface area (Å²) in [5.41, 5.74) is -0.310. The molecule has 0 bridgehead atoms. The van der Waals surface area contributed by atoms with Crippen LogP contribution in [0.4, 0.5) is 37.7 Å². The van der Waals surface area contributed by atoms with Crippen molar-refractivity contribution in [2.45, 2.75) is 11.7 Å². The fourth-order valence-electron chi connectivity index (χ4n) is 1.13. The van der Waals surface area contributed by atoms with Crippen molar-refractivity contribution in [1.82, 2.24) is 4.98 Å². The summed E-state index contributed by atoms with van der Waals surface area (Å²) >= 11 is -0.273. The lowest BCUT2D eigenvalue weighted by Gasteiger charge is -2.12. The normalized spacial score (nSPS) is 12.5. The highest BCUT2D eigenvalue weighted by molar-refractivity contribution is 8.00. The Hall–Kier alpha value is -1.32. The van der Waals surface area contributed by atoms with E-state index >= 15 is 0 Å². The molecule has 1 aromatic rings. The first-order valence-corrected chi connectivity index (χ1v) is 5.85. The maximum atomic E-state index is 12.4. The number of alkyl halides is 6. The van der Waals surface area contributed by atoms with Gasteiger partial charge in [0.2, 0.25) is 0 Å². The summed E-state index contributed by atoms with van der Waals surface area (Å²) in [6.07, 6.45) is -3.83. The molecule has 3 N–H and O–H groups in total. The molecule has 1 rings (SSSR count). The van der Waals surface area contributed by atoms with Crippen molar-refractivity contribution in [3.8, 4) is 0 Å². The minimum absolute atomic E-state index is 0.0648. The molecule has 19 heavy (non-hydrogen) atoms. The fourth-order valence-corrected chi connectivity index (χ4v) is 1.56. The fraction of sp³-hybridized carbons (Fsp3) is 0.444. The van der Waals surface area contributed by atoms with Crippen molar-refractivity contribution >= 4 is 23.1 Å². The highest BCUT2D eigenvalue weighted by atomic mass is 32.2. The number of nitrogen functional groups attached to an aromatic ring is 1. The molecule has 0 atom stereocenters. The average molecular weight is 305 g/mol. The van der Waals surface area contributed by atoms with E-state index in [0.29, 0.717) is 6.07 Å².